The lowest BCUT2D eigenvalue weighted by atomic mass is 9.86. The predicted octanol–water partition coefficient (Wildman–Crippen LogP) is 6.25. The van der Waals surface area contributed by atoms with Gasteiger partial charge in [0.05, 0.1) is 22.9 Å². The maximum Gasteiger partial charge on any atom is 0.416 e. The summed E-state index contributed by atoms with van der Waals surface area (Å²) in [6.07, 6.45) is -5.86. The minimum Gasteiger partial charge on any atom is -0.349 e. The number of amides is 1. The van der Waals surface area contributed by atoms with Crippen LogP contribution in [0.2, 0.25) is 0 Å². The van der Waals surface area contributed by atoms with Gasteiger partial charge < -0.3 is 5.32 Å². The summed E-state index contributed by atoms with van der Waals surface area (Å²) in [4.78, 5) is 14.1. The van der Waals surface area contributed by atoms with Crippen LogP contribution in [-0.2, 0) is 34.0 Å². The lowest BCUT2D eigenvalue weighted by Gasteiger charge is -2.30. The van der Waals surface area contributed by atoms with Crippen molar-refractivity contribution < 1.29 is 39.6 Å². The fourth-order valence-corrected chi connectivity index (χ4v) is 7.50. The second-order valence-corrected chi connectivity index (χ2v) is 13.0. The van der Waals surface area contributed by atoms with E-state index < -0.39 is 57.2 Å². The molecule has 0 spiro atoms. The molecule has 0 saturated carbocycles. The van der Waals surface area contributed by atoms with E-state index in [1.165, 1.54) is 11.1 Å². The van der Waals surface area contributed by atoms with E-state index in [1.807, 2.05) is 12.1 Å². The average molecular weight is 671 g/mol. The van der Waals surface area contributed by atoms with Gasteiger partial charge in [-0.05, 0) is 96.0 Å². The van der Waals surface area contributed by atoms with Crippen LogP contribution in [0.5, 0.6) is 0 Å². The van der Waals surface area contributed by atoms with Gasteiger partial charge in [0.1, 0.15) is 6.04 Å². The number of likely N-dealkylation sites (tertiary alicyclic amines) is 1. The quantitative estimate of drug-likeness (QED) is 0.326. The van der Waals surface area contributed by atoms with Gasteiger partial charge in [-0.3, -0.25) is 9.69 Å². The summed E-state index contributed by atoms with van der Waals surface area (Å²) in [7, 11) is -5.10. The Morgan fingerprint density at radius 1 is 1.00 bits per heavy atom. The molecule has 6 nitrogen and oxygen atoms in total. The van der Waals surface area contributed by atoms with Gasteiger partial charge in [-0.2, -0.15) is 31.1 Å². The number of sulfonamides is 1. The Morgan fingerprint density at radius 2 is 1.71 bits per heavy atom. The Balaban J connectivity index is 1.46. The third kappa shape index (κ3) is 8.23. The van der Waals surface area contributed by atoms with Gasteiger partial charge >= 0.3 is 12.4 Å². The van der Waals surface area contributed by atoms with Crippen LogP contribution >= 0.6 is 15.9 Å². The minimum absolute atomic E-state index is 0.235. The number of piperidine rings is 1. The van der Waals surface area contributed by atoms with Gasteiger partial charge in [-0.25, -0.2) is 8.42 Å². The molecule has 41 heavy (non-hydrogen) atoms. The fraction of sp³-hybridized carbons (Fsp3) is 0.519. The minimum atomic E-state index is -5.19. The summed E-state index contributed by atoms with van der Waals surface area (Å²) in [6.45, 7) is 2.87. The van der Waals surface area contributed by atoms with Crippen molar-refractivity contribution in [1.29, 1.82) is 0 Å². The van der Waals surface area contributed by atoms with Gasteiger partial charge in [0, 0.05) is 11.0 Å². The topological polar surface area (TPSA) is 78.5 Å². The Morgan fingerprint density at radius 3 is 2.37 bits per heavy atom. The second kappa shape index (κ2) is 12.6. The van der Waals surface area contributed by atoms with Crippen LogP contribution in [0.4, 0.5) is 26.3 Å². The van der Waals surface area contributed by atoms with Crippen LogP contribution in [0.15, 0.2) is 45.8 Å². The highest BCUT2D eigenvalue weighted by Gasteiger charge is 2.44. The normalized spacial score (nSPS) is 19.4. The molecule has 0 radical (unpaired) electrons. The number of nitrogens with one attached hydrogen (secondary N) is 2. The van der Waals surface area contributed by atoms with E-state index in [9.17, 15) is 39.6 Å². The standard InChI is InChI=1S/C27H30BrF6N3O3S/c28-21-10-8-19(26(29,30)31)14-23(21)41(39,40)36-24(27(32,33)34)15-25(38)35-22-6-4-5-18-13-17(7-9-20(18)22)16-37-11-2-1-3-12-37/h7-10,13-14,22,24,36H,1-6,11-12,15-16H2,(H,35,38)/t22-,24-/m1/s1. The molecular formula is C27H30BrF6N3O3S. The largest absolute Gasteiger partial charge is 0.416 e. The highest BCUT2D eigenvalue weighted by molar-refractivity contribution is 9.10. The van der Waals surface area contributed by atoms with Crippen molar-refractivity contribution in [2.24, 2.45) is 0 Å². The van der Waals surface area contributed by atoms with E-state index in [0.29, 0.717) is 18.9 Å². The third-order valence-electron chi connectivity index (χ3n) is 7.34. The molecule has 1 amide bonds. The zero-order valence-corrected chi connectivity index (χ0v) is 24.3. The number of carbonyl (C=O) groups excluding carboxylic acids is 1. The van der Waals surface area contributed by atoms with Gasteiger partial charge in [0.2, 0.25) is 15.9 Å². The molecule has 1 aliphatic carbocycles. The fourth-order valence-electron chi connectivity index (χ4n) is 5.29. The van der Waals surface area contributed by atoms with Crippen molar-refractivity contribution in [2.45, 2.75) is 80.8 Å². The first-order valence-electron chi connectivity index (χ1n) is 13.2. The van der Waals surface area contributed by atoms with Gasteiger partial charge in [0.25, 0.3) is 0 Å². The summed E-state index contributed by atoms with van der Waals surface area (Å²) < 4.78 is 107. The maximum atomic E-state index is 13.8. The number of nitrogens with zero attached hydrogens (tertiary/aromatic N) is 1. The van der Waals surface area contributed by atoms with Crippen molar-refractivity contribution in [2.75, 3.05) is 13.1 Å². The Hall–Kier alpha value is -2.16. The Labute approximate surface area is 243 Å². The average Bonchev–Trinajstić information content (AvgIpc) is 2.88. The molecule has 0 aromatic heterocycles. The molecule has 1 fully saturated rings. The van der Waals surface area contributed by atoms with Crippen molar-refractivity contribution >= 4 is 31.9 Å². The number of benzene rings is 2. The molecule has 2 atom stereocenters. The van der Waals surface area contributed by atoms with Crippen LogP contribution in [0.3, 0.4) is 0 Å². The van der Waals surface area contributed by atoms with Crippen molar-refractivity contribution in [3.8, 4) is 0 Å². The van der Waals surface area contributed by atoms with Gasteiger partial charge in [-0.15, -0.1) is 0 Å². The first-order chi connectivity index (χ1) is 19.1. The van der Waals surface area contributed by atoms with Gasteiger partial charge in [0.15, 0.2) is 0 Å². The van der Waals surface area contributed by atoms with Crippen LogP contribution in [0.1, 0.15) is 66.8 Å². The molecule has 4 rings (SSSR count). The second-order valence-electron chi connectivity index (χ2n) is 10.4. The van der Waals surface area contributed by atoms with E-state index in [1.54, 1.807) is 0 Å². The number of hydrogen-bond donors (Lipinski definition) is 2. The molecule has 2 N–H and O–H groups in total. The lowest BCUT2D eigenvalue weighted by Crippen LogP contribution is -2.48. The Kier molecular flexibility index (Phi) is 9.76. The first kappa shape index (κ1) is 31.8. The lowest BCUT2D eigenvalue weighted by molar-refractivity contribution is -0.158. The van der Waals surface area contributed by atoms with Gasteiger partial charge in [-0.1, -0.05) is 24.6 Å². The van der Waals surface area contributed by atoms with E-state index in [0.717, 1.165) is 61.7 Å². The number of carbonyl (C=O) groups is 1. The molecule has 1 saturated heterocycles. The van der Waals surface area contributed by atoms with E-state index >= 15 is 0 Å². The number of hydrogen-bond acceptors (Lipinski definition) is 4. The Bertz CT molecular complexity index is 1360. The van der Waals surface area contributed by atoms with E-state index in [-0.39, 0.29) is 10.5 Å². The molecule has 1 aliphatic heterocycles. The molecular weight excluding hydrogens is 640 g/mol. The van der Waals surface area contributed by atoms with Crippen molar-refractivity contribution in [1.82, 2.24) is 14.9 Å². The molecule has 0 unspecified atom stereocenters. The monoisotopic (exact) mass is 669 g/mol. The number of rotatable bonds is 8. The smallest absolute Gasteiger partial charge is 0.349 e. The maximum absolute atomic E-state index is 13.8. The van der Waals surface area contributed by atoms with E-state index in [4.69, 9.17) is 0 Å². The van der Waals surface area contributed by atoms with Crippen LogP contribution < -0.4 is 10.0 Å². The summed E-state index contributed by atoms with van der Waals surface area (Å²) in [6, 6.07) is 4.12. The summed E-state index contributed by atoms with van der Waals surface area (Å²) in [5.41, 5.74) is 1.60. The van der Waals surface area contributed by atoms with E-state index in [2.05, 4.69) is 32.2 Å². The first-order valence-corrected chi connectivity index (χ1v) is 15.5. The molecule has 14 heteroatoms. The molecule has 2 aliphatic rings. The molecule has 0 bridgehead atoms. The number of fused-ring (bicyclic) bond motifs is 1. The summed E-state index contributed by atoms with van der Waals surface area (Å²) in [5.74, 6) is -1.03. The van der Waals surface area contributed by atoms with Crippen molar-refractivity contribution in [3.05, 3.63) is 63.1 Å². The number of alkyl halides is 6. The van der Waals surface area contributed by atoms with Crippen LogP contribution in [-0.4, -0.2) is 44.5 Å². The zero-order valence-electron chi connectivity index (χ0n) is 21.9. The number of aryl methyl sites for hydroxylation is 1. The zero-order chi connectivity index (χ0) is 30.0. The number of halogens is 7. The van der Waals surface area contributed by atoms with Crippen LogP contribution in [0, 0.1) is 0 Å². The van der Waals surface area contributed by atoms with Crippen LogP contribution in [0.25, 0.3) is 0 Å². The summed E-state index contributed by atoms with van der Waals surface area (Å²) >= 11 is 2.79. The highest BCUT2D eigenvalue weighted by atomic mass is 79.9. The molecule has 2 aromatic rings. The third-order valence-corrected chi connectivity index (χ3v) is 9.81. The SMILES string of the molecule is O=C(C[C@@H](NS(=O)(=O)c1cc(C(F)(F)F)ccc1Br)C(F)(F)F)N[C@@H]1CCCc2cc(CN3CCCCC3)ccc21. The highest BCUT2D eigenvalue weighted by Crippen LogP contribution is 2.35. The molecule has 1 heterocycles. The summed E-state index contributed by atoms with van der Waals surface area (Å²) in [5, 5.41) is 2.60. The molecule has 2 aromatic carbocycles. The predicted molar refractivity (Wildman–Crippen MR) is 143 cm³/mol. The molecule has 226 valence electrons. The van der Waals surface area contributed by atoms with Crippen molar-refractivity contribution in [3.63, 3.8) is 0 Å².